The fourth-order valence-electron chi connectivity index (χ4n) is 1.83. The summed E-state index contributed by atoms with van der Waals surface area (Å²) in [5.74, 6) is 1.04. The highest BCUT2D eigenvalue weighted by Crippen LogP contribution is 2.31. The quantitative estimate of drug-likeness (QED) is 0.663. The van der Waals surface area contributed by atoms with Crippen molar-refractivity contribution in [3.63, 3.8) is 0 Å². The molecule has 0 saturated carbocycles. The molecule has 5 nitrogen and oxygen atoms in total. The van der Waals surface area contributed by atoms with Crippen LogP contribution in [0.1, 0.15) is 25.0 Å². The largest absolute Gasteiger partial charge is 0.457 e. The van der Waals surface area contributed by atoms with Crippen LogP contribution >= 0.6 is 0 Å². The minimum absolute atomic E-state index is 0.0132. The van der Waals surface area contributed by atoms with Gasteiger partial charge in [-0.3, -0.25) is 10.1 Å². The summed E-state index contributed by atoms with van der Waals surface area (Å²) in [4.78, 5) is 10.1. The van der Waals surface area contributed by atoms with Crippen LogP contribution in [0, 0.1) is 10.1 Å². The first-order chi connectivity index (χ1) is 9.61. The van der Waals surface area contributed by atoms with Gasteiger partial charge in [-0.05, 0) is 24.6 Å². The van der Waals surface area contributed by atoms with E-state index in [-0.39, 0.29) is 5.69 Å². The maximum Gasteiger partial charge on any atom is 0.269 e. The smallest absolute Gasteiger partial charge is 0.269 e. The minimum atomic E-state index is -0.593. The number of nitrogens with zero attached hydrogens (tertiary/aromatic N) is 1. The van der Waals surface area contributed by atoms with E-state index in [0.717, 1.165) is 0 Å². The van der Waals surface area contributed by atoms with Crippen molar-refractivity contribution in [3.05, 3.63) is 64.2 Å². The average molecular weight is 273 g/mol. The molecule has 104 valence electrons. The molecule has 2 aromatic rings. The van der Waals surface area contributed by atoms with Crippen molar-refractivity contribution >= 4 is 5.69 Å². The Morgan fingerprint density at radius 3 is 2.45 bits per heavy atom. The Hall–Kier alpha value is -2.40. The number of rotatable bonds is 5. The van der Waals surface area contributed by atoms with Crippen molar-refractivity contribution in [2.75, 3.05) is 0 Å². The molecule has 0 aliphatic rings. The zero-order chi connectivity index (χ0) is 14.5. The van der Waals surface area contributed by atoms with Crippen molar-refractivity contribution in [3.8, 4) is 11.5 Å². The highest BCUT2D eigenvalue weighted by atomic mass is 16.6. The normalized spacial score (nSPS) is 11.9. The Labute approximate surface area is 116 Å². The van der Waals surface area contributed by atoms with Crippen molar-refractivity contribution in [1.82, 2.24) is 0 Å². The standard InChI is InChI=1S/C15H15NO4/c1-2-14(17)13-5-3-4-6-15(13)20-12-9-7-11(8-10-12)16(18)19/h3-10,14,17H,2H2,1H3. The molecule has 0 bridgehead atoms. The number of ether oxygens (including phenoxy) is 1. The van der Waals surface area contributed by atoms with Gasteiger partial charge in [0.05, 0.1) is 11.0 Å². The predicted molar refractivity (Wildman–Crippen MR) is 74.9 cm³/mol. The van der Waals surface area contributed by atoms with E-state index in [2.05, 4.69) is 0 Å². The number of hydrogen-bond donors (Lipinski definition) is 1. The fourth-order valence-corrected chi connectivity index (χ4v) is 1.83. The maximum absolute atomic E-state index is 10.6. The SMILES string of the molecule is CCC(O)c1ccccc1Oc1ccc([N+](=O)[O-])cc1. The van der Waals surface area contributed by atoms with E-state index >= 15 is 0 Å². The van der Waals surface area contributed by atoms with E-state index in [1.807, 2.05) is 19.1 Å². The number of hydrogen-bond acceptors (Lipinski definition) is 4. The van der Waals surface area contributed by atoms with Crippen LogP contribution in [0.25, 0.3) is 0 Å². The van der Waals surface area contributed by atoms with Crippen LogP contribution in [0.3, 0.4) is 0 Å². The van der Waals surface area contributed by atoms with Gasteiger partial charge in [-0.2, -0.15) is 0 Å². The summed E-state index contributed by atoms with van der Waals surface area (Å²) in [6.07, 6.45) is -0.00933. The molecule has 0 radical (unpaired) electrons. The van der Waals surface area contributed by atoms with Gasteiger partial charge in [-0.25, -0.2) is 0 Å². The number of para-hydroxylation sites is 1. The summed E-state index contributed by atoms with van der Waals surface area (Å²) >= 11 is 0. The fraction of sp³-hybridized carbons (Fsp3) is 0.200. The van der Waals surface area contributed by atoms with Gasteiger partial charge >= 0.3 is 0 Å². The van der Waals surface area contributed by atoms with Gasteiger partial charge in [0.25, 0.3) is 5.69 Å². The molecule has 2 aromatic carbocycles. The first-order valence-electron chi connectivity index (χ1n) is 6.31. The van der Waals surface area contributed by atoms with Gasteiger partial charge in [0.1, 0.15) is 11.5 Å². The Morgan fingerprint density at radius 1 is 1.20 bits per heavy atom. The van der Waals surface area contributed by atoms with Crippen LogP contribution in [0.5, 0.6) is 11.5 Å². The van der Waals surface area contributed by atoms with Gasteiger partial charge in [0.2, 0.25) is 0 Å². The second-order valence-electron chi connectivity index (χ2n) is 4.31. The molecule has 0 fully saturated rings. The molecule has 1 N–H and O–H groups in total. The van der Waals surface area contributed by atoms with Gasteiger partial charge in [-0.15, -0.1) is 0 Å². The lowest BCUT2D eigenvalue weighted by atomic mass is 10.1. The molecule has 0 amide bonds. The van der Waals surface area contributed by atoms with E-state index in [9.17, 15) is 15.2 Å². The van der Waals surface area contributed by atoms with Crippen LogP contribution in [-0.4, -0.2) is 10.0 Å². The number of aliphatic hydroxyl groups is 1. The maximum atomic E-state index is 10.6. The number of aliphatic hydroxyl groups excluding tert-OH is 1. The first kappa shape index (κ1) is 14.0. The Balaban J connectivity index is 2.23. The Bertz CT molecular complexity index is 595. The minimum Gasteiger partial charge on any atom is -0.457 e. The molecule has 0 heterocycles. The second-order valence-corrected chi connectivity index (χ2v) is 4.31. The van der Waals surface area contributed by atoms with E-state index in [1.54, 1.807) is 12.1 Å². The molecule has 0 spiro atoms. The average Bonchev–Trinajstić information content (AvgIpc) is 2.47. The number of nitro groups is 1. The zero-order valence-electron chi connectivity index (χ0n) is 11.0. The molecule has 5 heteroatoms. The zero-order valence-corrected chi connectivity index (χ0v) is 11.0. The summed E-state index contributed by atoms with van der Waals surface area (Å²) in [6.45, 7) is 1.88. The van der Waals surface area contributed by atoms with Crippen LogP contribution in [0.4, 0.5) is 5.69 Å². The second kappa shape index (κ2) is 6.16. The summed E-state index contributed by atoms with van der Waals surface area (Å²) < 4.78 is 5.68. The van der Waals surface area contributed by atoms with E-state index < -0.39 is 11.0 Å². The number of non-ortho nitro benzene ring substituents is 1. The Kier molecular flexibility index (Phi) is 4.32. The lowest BCUT2D eigenvalue weighted by Gasteiger charge is -2.14. The predicted octanol–water partition coefficient (Wildman–Crippen LogP) is 3.83. The van der Waals surface area contributed by atoms with Crippen molar-refractivity contribution < 1.29 is 14.8 Å². The van der Waals surface area contributed by atoms with E-state index in [1.165, 1.54) is 24.3 Å². The van der Waals surface area contributed by atoms with Crippen molar-refractivity contribution in [1.29, 1.82) is 0 Å². The highest BCUT2D eigenvalue weighted by Gasteiger charge is 2.12. The third-order valence-electron chi connectivity index (χ3n) is 2.94. The molecular formula is C15H15NO4. The molecule has 0 aliphatic carbocycles. The lowest BCUT2D eigenvalue weighted by molar-refractivity contribution is -0.384. The van der Waals surface area contributed by atoms with Crippen LogP contribution in [-0.2, 0) is 0 Å². The van der Waals surface area contributed by atoms with Gasteiger partial charge < -0.3 is 9.84 Å². The molecule has 1 unspecified atom stereocenters. The first-order valence-corrected chi connectivity index (χ1v) is 6.31. The Morgan fingerprint density at radius 2 is 1.85 bits per heavy atom. The number of benzene rings is 2. The summed E-state index contributed by atoms with van der Waals surface area (Å²) in [5, 5.41) is 20.5. The van der Waals surface area contributed by atoms with E-state index in [4.69, 9.17) is 4.74 Å². The molecule has 0 saturated heterocycles. The van der Waals surface area contributed by atoms with Crippen molar-refractivity contribution in [2.24, 2.45) is 0 Å². The van der Waals surface area contributed by atoms with Crippen LogP contribution in [0.2, 0.25) is 0 Å². The molecule has 20 heavy (non-hydrogen) atoms. The summed E-state index contributed by atoms with van der Waals surface area (Å²) in [5.41, 5.74) is 0.715. The van der Waals surface area contributed by atoms with Gasteiger partial charge in [0, 0.05) is 17.7 Å². The van der Waals surface area contributed by atoms with Crippen molar-refractivity contribution in [2.45, 2.75) is 19.4 Å². The summed E-state index contributed by atoms with van der Waals surface area (Å²) in [7, 11) is 0. The summed E-state index contributed by atoms with van der Waals surface area (Å²) in [6, 6.07) is 13.0. The third kappa shape index (κ3) is 3.13. The third-order valence-corrected chi connectivity index (χ3v) is 2.94. The van der Waals surface area contributed by atoms with Crippen LogP contribution in [0.15, 0.2) is 48.5 Å². The molecular weight excluding hydrogens is 258 g/mol. The van der Waals surface area contributed by atoms with Gasteiger partial charge in [-0.1, -0.05) is 25.1 Å². The highest BCUT2D eigenvalue weighted by molar-refractivity contribution is 5.42. The molecule has 2 rings (SSSR count). The number of nitro benzene ring substituents is 1. The molecule has 0 aliphatic heterocycles. The van der Waals surface area contributed by atoms with Crippen LogP contribution < -0.4 is 4.74 Å². The molecule has 1 atom stereocenters. The molecule has 0 aromatic heterocycles. The topological polar surface area (TPSA) is 72.6 Å². The lowest BCUT2D eigenvalue weighted by Crippen LogP contribution is -1.98. The van der Waals surface area contributed by atoms with Gasteiger partial charge in [0.15, 0.2) is 0 Å². The van der Waals surface area contributed by atoms with E-state index in [0.29, 0.717) is 23.5 Å². The monoisotopic (exact) mass is 273 g/mol.